The molecule has 0 amide bonds. The zero-order valence-electron chi connectivity index (χ0n) is 10.6. The molecule has 0 heterocycles. The number of ether oxygens (including phenoxy) is 1. The van der Waals surface area contributed by atoms with Gasteiger partial charge in [0.2, 0.25) is 0 Å². The number of hydrogen-bond acceptors (Lipinski definition) is 2. The van der Waals surface area contributed by atoms with Gasteiger partial charge in [-0.3, -0.25) is 0 Å². The highest BCUT2D eigenvalue weighted by molar-refractivity contribution is 6.30. The molecule has 0 radical (unpaired) electrons. The Hall–Kier alpha value is -1.74. The smallest absolute Gasteiger partial charge is 0.126 e. The van der Waals surface area contributed by atoms with Crippen molar-refractivity contribution in [2.24, 2.45) is 0 Å². The maximum Gasteiger partial charge on any atom is 0.126 e. The van der Waals surface area contributed by atoms with E-state index in [-0.39, 0.29) is 5.82 Å². The van der Waals surface area contributed by atoms with E-state index in [4.69, 9.17) is 16.3 Å². The molecule has 2 aromatic carbocycles. The molecular weight excluding hydrogens is 265 g/mol. The average Bonchev–Trinajstić information content (AvgIpc) is 2.37. The minimum atomic E-state index is -0.346. The number of halogens is 2. The molecule has 0 saturated heterocycles. The van der Waals surface area contributed by atoms with Crippen LogP contribution in [0.4, 0.5) is 10.1 Å². The van der Waals surface area contributed by atoms with Crippen LogP contribution in [0.25, 0.3) is 0 Å². The van der Waals surface area contributed by atoms with Gasteiger partial charge in [-0.1, -0.05) is 23.7 Å². The molecule has 2 nitrogen and oxygen atoms in total. The van der Waals surface area contributed by atoms with Crippen molar-refractivity contribution in [2.75, 3.05) is 11.9 Å². The van der Waals surface area contributed by atoms with E-state index in [2.05, 4.69) is 5.32 Å². The molecule has 2 rings (SSSR count). The van der Waals surface area contributed by atoms with Crippen LogP contribution in [0.2, 0.25) is 5.02 Å². The lowest BCUT2D eigenvalue weighted by Crippen LogP contribution is -2.00. The summed E-state index contributed by atoms with van der Waals surface area (Å²) in [5, 5.41) is 3.51. The first-order valence-electron chi connectivity index (χ1n) is 6.09. The first-order valence-corrected chi connectivity index (χ1v) is 6.47. The van der Waals surface area contributed by atoms with Crippen LogP contribution in [0.1, 0.15) is 12.5 Å². The molecule has 0 aliphatic carbocycles. The van der Waals surface area contributed by atoms with Gasteiger partial charge in [0.25, 0.3) is 0 Å². The molecule has 4 heteroatoms. The van der Waals surface area contributed by atoms with Gasteiger partial charge in [0.15, 0.2) is 0 Å². The molecule has 0 atom stereocenters. The van der Waals surface area contributed by atoms with Crippen LogP contribution >= 0.6 is 11.6 Å². The van der Waals surface area contributed by atoms with Crippen molar-refractivity contribution in [1.29, 1.82) is 0 Å². The van der Waals surface area contributed by atoms with Gasteiger partial charge >= 0.3 is 0 Å². The van der Waals surface area contributed by atoms with Gasteiger partial charge < -0.3 is 10.1 Å². The van der Waals surface area contributed by atoms with Crippen LogP contribution in [0.15, 0.2) is 42.5 Å². The van der Waals surface area contributed by atoms with E-state index in [9.17, 15) is 4.39 Å². The van der Waals surface area contributed by atoms with Gasteiger partial charge in [-0.05, 0) is 42.8 Å². The van der Waals surface area contributed by atoms with Crippen LogP contribution in [-0.4, -0.2) is 6.61 Å². The summed E-state index contributed by atoms with van der Waals surface area (Å²) < 4.78 is 18.5. The maximum atomic E-state index is 13.2. The highest BCUT2D eigenvalue weighted by Crippen LogP contribution is 2.19. The predicted molar refractivity (Wildman–Crippen MR) is 76.3 cm³/mol. The molecule has 0 unspecified atom stereocenters. The van der Waals surface area contributed by atoms with Crippen LogP contribution < -0.4 is 10.1 Å². The van der Waals surface area contributed by atoms with Gasteiger partial charge in [0.1, 0.15) is 11.6 Å². The second-order valence-corrected chi connectivity index (χ2v) is 4.53. The van der Waals surface area contributed by atoms with E-state index in [1.165, 1.54) is 12.1 Å². The van der Waals surface area contributed by atoms with Crippen LogP contribution in [0.5, 0.6) is 5.75 Å². The summed E-state index contributed by atoms with van der Waals surface area (Å²) in [5.74, 6) is 0.502. The standard InChI is InChI=1S/C15H15ClFNO/c1-2-19-15-5-3-11(4-6-15)10-18-14-8-12(16)7-13(17)9-14/h3-9,18H,2,10H2,1H3. The Bertz CT molecular complexity index is 522. The highest BCUT2D eigenvalue weighted by Gasteiger charge is 2.00. The Kier molecular flexibility index (Phi) is 4.63. The van der Waals surface area contributed by atoms with Crippen LogP contribution in [0, 0.1) is 5.82 Å². The van der Waals surface area contributed by atoms with Crippen molar-refractivity contribution in [3.63, 3.8) is 0 Å². The van der Waals surface area contributed by atoms with Crippen LogP contribution in [0.3, 0.4) is 0 Å². The molecule has 0 aliphatic rings. The number of hydrogen-bond donors (Lipinski definition) is 1. The largest absolute Gasteiger partial charge is 0.494 e. The molecule has 0 saturated carbocycles. The number of benzene rings is 2. The minimum absolute atomic E-state index is 0.346. The van der Waals surface area contributed by atoms with Crippen molar-refractivity contribution in [1.82, 2.24) is 0 Å². The molecule has 0 bridgehead atoms. The minimum Gasteiger partial charge on any atom is -0.494 e. The summed E-state index contributed by atoms with van der Waals surface area (Å²) in [5.41, 5.74) is 1.75. The Balaban J connectivity index is 1.98. The third-order valence-electron chi connectivity index (χ3n) is 2.59. The van der Waals surface area contributed by atoms with Crippen molar-refractivity contribution < 1.29 is 9.13 Å². The maximum absolute atomic E-state index is 13.2. The van der Waals surface area contributed by atoms with Gasteiger partial charge in [0, 0.05) is 17.3 Å². The lowest BCUT2D eigenvalue weighted by molar-refractivity contribution is 0.340. The molecule has 0 aromatic heterocycles. The molecule has 100 valence electrons. The SMILES string of the molecule is CCOc1ccc(CNc2cc(F)cc(Cl)c2)cc1. The van der Waals surface area contributed by atoms with E-state index in [0.29, 0.717) is 23.9 Å². The Morgan fingerprint density at radius 3 is 2.53 bits per heavy atom. The third-order valence-corrected chi connectivity index (χ3v) is 2.81. The topological polar surface area (TPSA) is 21.3 Å². The summed E-state index contributed by atoms with van der Waals surface area (Å²) in [6.07, 6.45) is 0. The molecule has 0 aliphatic heterocycles. The summed E-state index contributed by atoms with van der Waals surface area (Å²) in [6, 6.07) is 12.2. The van der Waals surface area contributed by atoms with E-state index in [1.54, 1.807) is 6.07 Å². The monoisotopic (exact) mass is 279 g/mol. The van der Waals surface area contributed by atoms with E-state index in [0.717, 1.165) is 11.3 Å². The second kappa shape index (κ2) is 6.43. The quantitative estimate of drug-likeness (QED) is 0.871. The second-order valence-electron chi connectivity index (χ2n) is 4.09. The van der Waals surface area contributed by atoms with Crippen LogP contribution in [-0.2, 0) is 6.54 Å². The fraction of sp³-hybridized carbons (Fsp3) is 0.200. The van der Waals surface area contributed by atoms with E-state index in [1.807, 2.05) is 31.2 Å². The molecule has 1 N–H and O–H groups in total. The van der Waals surface area contributed by atoms with Crippen molar-refractivity contribution in [2.45, 2.75) is 13.5 Å². The lowest BCUT2D eigenvalue weighted by atomic mass is 10.2. The van der Waals surface area contributed by atoms with Crippen molar-refractivity contribution in [3.8, 4) is 5.75 Å². The van der Waals surface area contributed by atoms with Crippen molar-refractivity contribution in [3.05, 3.63) is 58.9 Å². The normalized spacial score (nSPS) is 10.3. The highest BCUT2D eigenvalue weighted by atomic mass is 35.5. The molecule has 19 heavy (non-hydrogen) atoms. The van der Waals surface area contributed by atoms with Gasteiger partial charge in [-0.25, -0.2) is 4.39 Å². The molecule has 0 fully saturated rings. The van der Waals surface area contributed by atoms with Crippen molar-refractivity contribution >= 4 is 17.3 Å². The fourth-order valence-electron chi connectivity index (χ4n) is 1.73. The Morgan fingerprint density at radius 2 is 1.89 bits per heavy atom. The summed E-state index contributed by atoms with van der Waals surface area (Å²) in [6.45, 7) is 3.20. The molecular formula is C15H15ClFNO. The lowest BCUT2D eigenvalue weighted by Gasteiger charge is -2.08. The number of rotatable bonds is 5. The fourth-order valence-corrected chi connectivity index (χ4v) is 1.95. The number of nitrogens with one attached hydrogen (secondary N) is 1. The summed E-state index contributed by atoms with van der Waals surface area (Å²) in [7, 11) is 0. The van der Waals surface area contributed by atoms with Gasteiger partial charge in [0.05, 0.1) is 6.61 Å². The van der Waals surface area contributed by atoms with E-state index < -0.39 is 0 Å². The first-order chi connectivity index (χ1) is 9.17. The Labute approximate surface area is 117 Å². The average molecular weight is 280 g/mol. The predicted octanol–water partition coefficient (Wildman–Crippen LogP) is 4.49. The third kappa shape index (κ3) is 4.14. The zero-order chi connectivity index (χ0) is 13.7. The molecule has 2 aromatic rings. The molecule has 0 spiro atoms. The number of anilines is 1. The van der Waals surface area contributed by atoms with Gasteiger partial charge in [-0.15, -0.1) is 0 Å². The van der Waals surface area contributed by atoms with E-state index >= 15 is 0 Å². The summed E-state index contributed by atoms with van der Waals surface area (Å²) >= 11 is 5.79. The Morgan fingerprint density at radius 1 is 1.16 bits per heavy atom. The first kappa shape index (κ1) is 13.7. The summed E-state index contributed by atoms with van der Waals surface area (Å²) in [4.78, 5) is 0. The van der Waals surface area contributed by atoms with Gasteiger partial charge in [-0.2, -0.15) is 0 Å². The zero-order valence-corrected chi connectivity index (χ0v) is 11.4.